The van der Waals surface area contributed by atoms with Gasteiger partial charge in [-0.3, -0.25) is 0 Å². The van der Waals surface area contributed by atoms with E-state index in [1.54, 1.807) is 11.8 Å². The molecular weight excluding hydrogens is 288 g/mol. The van der Waals surface area contributed by atoms with E-state index in [0.717, 1.165) is 15.6 Å². The second kappa shape index (κ2) is 5.15. The van der Waals surface area contributed by atoms with Crippen molar-refractivity contribution in [3.05, 3.63) is 28.8 Å². The topological polar surface area (TPSA) is 45.0 Å². The molecule has 0 aromatic heterocycles. The van der Waals surface area contributed by atoms with Crippen molar-refractivity contribution in [1.29, 1.82) is 0 Å². The van der Waals surface area contributed by atoms with Crippen LogP contribution >= 0.6 is 35.1 Å². The van der Waals surface area contributed by atoms with Crippen LogP contribution in [0.25, 0.3) is 0 Å². The molecule has 1 N–H and O–H groups in total. The minimum atomic E-state index is -0.224. The summed E-state index contributed by atoms with van der Waals surface area (Å²) in [6, 6.07) is 5.61. The highest BCUT2D eigenvalue weighted by molar-refractivity contribution is 8.50. The van der Waals surface area contributed by atoms with Gasteiger partial charge in [0, 0.05) is 5.02 Å². The van der Waals surface area contributed by atoms with E-state index in [0.29, 0.717) is 10.1 Å². The monoisotopic (exact) mass is 300 g/mol. The molecule has 0 radical (unpaired) electrons. The van der Waals surface area contributed by atoms with Gasteiger partial charge in [0.15, 0.2) is 0 Å². The highest BCUT2D eigenvalue weighted by atomic mass is 35.5. The fourth-order valence-corrected chi connectivity index (χ4v) is 4.33. The van der Waals surface area contributed by atoms with Crippen LogP contribution in [0.15, 0.2) is 28.3 Å². The van der Waals surface area contributed by atoms with Crippen LogP contribution in [0.2, 0.25) is 5.02 Å². The molecule has 0 saturated carbocycles. The van der Waals surface area contributed by atoms with Crippen LogP contribution in [0.5, 0.6) is 0 Å². The zero-order chi connectivity index (χ0) is 13.3. The summed E-state index contributed by atoms with van der Waals surface area (Å²) in [5, 5.41) is 13.7. The molecule has 0 bridgehead atoms. The summed E-state index contributed by atoms with van der Waals surface area (Å²) in [7, 11) is 0. The normalized spacial score (nSPS) is 22.9. The maximum atomic E-state index is 8.96. The molecule has 1 heterocycles. The van der Waals surface area contributed by atoms with Crippen molar-refractivity contribution in [2.75, 3.05) is 0 Å². The van der Waals surface area contributed by atoms with Gasteiger partial charge in [0.25, 0.3) is 0 Å². The fraction of sp³-hybridized carbons (Fsp3) is 0.333. The van der Waals surface area contributed by atoms with Crippen molar-refractivity contribution in [1.82, 2.24) is 0 Å². The molecule has 1 aromatic carbocycles. The molecule has 1 fully saturated rings. The van der Waals surface area contributed by atoms with E-state index < -0.39 is 0 Å². The van der Waals surface area contributed by atoms with Crippen LogP contribution in [0.3, 0.4) is 0 Å². The van der Waals surface area contributed by atoms with Gasteiger partial charge in [-0.1, -0.05) is 28.5 Å². The number of aryl methyl sites for hydroxylation is 1. The van der Waals surface area contributed by atoms with Crippen LogP contribution < -0.4 is 0 Å². The third-order valence-electron chi connectivity index (χ3n) is 2.50. The van der Waals surface area contributed by atoms with Crippen molar-refractivity contribution in [2.24, 2.45) is 10.1 Å². The van der Waals surface area contributed by atoms with Crippen LogP contribution in [-0.2, 0) is 0 Å². The summed E-state index contributed by atoms with van der Waals surface area (Å²) in [5.41, 5.74) is 1.92. The molecule has 3 nitrogen and oxygen atoms in total. The summed E-state index contributed by atoms with van der Waals surface area (Å²) in [6.45, 7) is 6.00. The maximum Gasteiger partial charge on any atom is 0.137 e. The molecule has 6 heteroatoms. The van der Waals surface area contributed by atoms with E-state index in [-0.39, 0.29) is 4.75 Å². The summed E-state index contributed by atoms with van der Waals surface area (Å²) in [5.74, 6) is 0. The lowest BCUT2D eigenvalue weighted by Gasteiger charge is -2.12. The van der Waals surface area contributed by atoms with Crippen molar-refractivity contribution < 1.29 is 5.21 Å². The van der Waals surface area contributed by atoms with E-state index in [9.17, 15) is 0 Å². The molecular formula is C12H13ClN2OS2. The minimum Gasteiger partial charge on any atom is -0.410 e. The molecule has 18 heavy (non-hydrogen) atoms. The van der Waals surface area contributed by atoms with Crippen LogP contribution in [-0.4, -0.2) is 19.4 Å². The van der Waals surface area contributed by atoms with E-state index in [4.69, 9.17) is 16.8 Å². The Kier molecular flexibility index (Phi) is 3.94. The first-order valence-corrected chi connectivity index (χ1v) is 7.38. The van der Waals surface area contributed by atoms with Crippen molar-refractivity contribution in [3.63, 3.8) is 0 Å². The van der Waals surface area contributed by atoms with E-state index in [1.165, 1.54) is 11.8 Å². The lowest BCUT2D eigenvalue weighted by molar-refractivity contribution is 0.319. The highest BCUT2D eigenvalue weighted by Crippen LogP contribution is 2.45. The number of thioether (sulfide) groups is 2. The number of hydrogen-bond acceptors (Lipinski definition) is 5. The Balaban J connectivity index is 2.31. The van der Waals surface area contributed by atoms with Crippen molar-refractivity contribution in [3.8, 4) is 0 Å². The third kappa shape index (κ3) is 2.84. The quantitative estimate of drug-likeness (QED) is 0.605. The van der Waals surface area contributed by atoms with Crippen molar-refractivity contribution >= 4 is 50.2 Å². The Morgan fingerprint density at radius 1 is 1.33 bits per heavy atom. The molecule has 1 saturated heterocycles. The molecule has 96 valence electrons. The molecule has 1 aliphatic heterocycles. The molecule has 0 aliphatic carbocycles. The molecule has 0 atom stereocenters. The maximum absolute atomic E-state index is 8.96. The molecule has 1 aliphatic rings. The van der Waals surface area contributed by atoms with Gasteiger partial charge < -0.3 is 5.21 Å². The van der Waals surface area contributed by atoms with Crippen LogP contribution in [0.4, 0.5) is 5.69 Å². The molecule has 1 aromatic rings. The third-order valence-corrected chi connectivity index (χ3v) is 5.39. The molecule has 2 rings (SSSR count). The van der Waals surface area contributed by atoms with E-state index in [2.05, 4.69) is 10.1 Å². The lowest BCUT2D eigenvalue weighted by Crippen LogP contribution is -2.19. The molecule has 0 spiro atoms. The summed E-state index contributed by atoms with van der Waals surface area (Å²) in [6.07, 6.45) is 0. The average molecular weight is 301 g/mol. The summed E-state index contributed by atoms with van der Waals surface area (Å²) in [4.78, 5) is 4.58. The Bertz CT molecular complexity index is 541. The Morgan fingerprint density at radius 2 is 2.06 bits per heavy atom. The Morgan fingerprint density at radius 3 is 2.61 bits per heavy atom. The second-order valence-electron chi connectivity index (χ2n) is 4.43. The van der Waals surface area contributed by atoms with Gasteiger partial charge in [-0.25, -0.2) is 4.99 Å². The van der Waals surface area contributed by atoms with E-state index in [1.807, 2.05) is 39.0 Å². The first-order valence-electron chi connectivity index (χ1n) is 5.36. The number of rotatable bonds is 1. The number of halogens is 1. The van der Waals surface area contributed by atoms with Gasteiger partial charge in [0.1, 0.15) is 9.42 Å². The average Bonchev–Trinajstić information content (AvgIpc) is 2.57. The fourth-order valence-electron chi connectivity index (χ4n) is 1.52. The number of aliphatic imine (C=N–C) groups is 1. The standard InChI is InChI=1S/C12H13ClN2OS2/c1-7-6-8(13)4-5-9(7)14-11-17-10(15-16)12(2,3)18-11/h4-6,16H,1-3H3. The smallest absolute Gasteiger partial charge is 0.137 e. The number of hydrogen-bond donors (Lipinski definition) is 1. The van der Waals surface area contributed by atoms with Crippen molar-refractivity contribution in [2.45, 2.75) is 25.5 Å². The SMILES string of the molecule is Cc1cc(Cl)ccc1N=C1SC(=NO)C(C)(C)S1. The first kappa shape index (κ1) is 13.8. The van der Waals surface area contributed by atoms with Gasteiger partial charge in [-0.2, -0.15) is 0 Å². The molecule has 0 amide bonds. The summed E-state index contributed by atoms with van der Waals surface area (Å²) < 4.78 is 0.664. The molecule has 0 unspecified atom stereocenters. The van der Waals surface area contributed by atoms with Gasteiger partial charge in [-0.05, 0) is 56.3 Å². The number of nitrogens with zero attached hydrogens (tertiary/aromatic N) is 2. The predicted octanol–water partition coefficient (Wildman–Crippen LogP) is 4.68. The zero-order valence-corrected chi connectivity index (χ0v) is 12.7. The zero-order valence-electron chi connectivity index (χ0n) is 10.3. The van der Waals surface area contributed by atoms with Gasteiger partial charge in [-0.15, -0.1) is 0 Å². The predicted molar refractivity (Wildman–Crippen MR) is 81.8 cm³/mol. The van der Waals surface area contributed by atoms with Gasteiger partial charge in [0.05, 0.1) is 10.4 Å². The summed E-state index contributed by atoms with van der Waals surface area (Å²) >= 11 is 8.92. The Hall–Kier alpha value is -0.650. The second-order valence-corrected chi connectivity index (χ2v) is 7.71. The van der Waals surface area contributed by atoms with Crippen LogP contribution in [0, 0.1) is 6.92 Å². The van der Waals surface area contributed by atoms with E-state index >= 15 is 0 Å². The van der Waals surface area contributed by atoms with Gasteiger partial charge in [0.2, 0.25) is 0 Å². The largest absolute Gasteiger partial charge is 0.410 e. The van der Waals surface area contributed by atoms with Crippen LogP contribution in [0.1, 0.15) is 19.4 Å². The Labute approximate surface area is 120 Å². The highest BCUT2D eigenvalue weighted by Gasteiger charge is 2.37. The first-order chi connectivity index (χ1) is 8.42. The lowest BCUT2D eigenvalue weighted by atomic mass is 10.2. The van der Waals surface area contributed by atoms with Gasteiger partial charge >= 0.3 is 0 Å². The minimum absolute atomic E-state index is 0.224. The number of oxime groups is 1. The number of benzene rings is 1.